The van der Waals surface area contributed by atoms with Gasteiger partial charge in [0.05, 0.1) is 10.9 Å². The van der Waals surface area contributed by atoms with Gasteiger partial charge in [-0.1, -0.05) is 24.3 Å². The van der Waals surface area contributed by atoms with Crippen molar-refractivity contribution in [1.29, 1.82) is 0 Å². The van der Waals surface area contributed by atoms with E-state index in [1.807, 2.05) is 0 Å². The molecule has 0 spiro atoms. The number of para-hydroxylation sites is 1. The fourth-order valence-corrected chi connectivity index (χ4v) is 3.00. The van der Waals surface area contributed by atoms with Gasteiger partial charge >= 0.3 is 6.36 Å². The number of ether oxygens (including phenoxy) is 1. The summed E-state index contributed by atoms with van der Waals surface area (Å²) in [5.41, 5.74) is 0.951. The summed E-state index contributed by atoms with van der Waals surface area (Å²) in [6.07, 6.45) is -4.73. The van der Waals surface area contributed by atoms with Crippen LogP contribution in [0.3, 0.4) is 0 Å². The van der Waals surface area contributed by atoms with Crippen LogP contribution >= 0.6 is 12.2 Å². The molecule has 3 rings (SSSR count). The van der Waals surface area contributed by atoms with Gasteiger partial charge in [-0.2, -0.15) is 0 Å². The molecule has 0 fully saturated rings. The molecule has 0 aliphatic heterocycles. The van der Waals surface area contributed by atoms with Crippen molar-refractivity contribution in [3.8, 4) is 5.75 Å². The highest BCUT2D eigenvalue weighted by Crippen LogP contribution is 2.22. The molecule has 0 atom stereocenters. The van der Waals surface area contributed by atoms with Crippen molar-refractivity contribution in [3.63, 3.8) is 0 Å². The standard InChI is InChI=1S/C19H16F3N3O3S/c20-19(21,22)28-13-7-5-12(6-8-13)11-23-16(26)9-10-25-17(27)14-3-1-2-4-15(14)24-18(25)29/h1-8H,9-11H2,(H,23,26)(H,24,29). The highest BCUT2D eigenvalue weighted by Gasteiger charge is 2.30. The number of H-pyrrole nitrogens is 1. The molecule has 1 aromatic heterocycles. The lowest BCUT2D eigenvalue weighted by Gasteiger charge is -2.10. The number of aromatic nitrogens is 2. The molecule has 0 saturated heterocycles. The van der Waals surface area contributed by atoms with Gasteiger partial charge in [-0.3, -0.25) is 14.2 Å². The van der Waals surface area contributed by atoms with Crippen LogP contribution in [0, 0.1) is 4.77 Å². The molecule has 2 N–H and O–H groups in total. The Morgan fingerprint density at radius 2 is 1.83 bits per heavy atom. The topological polar surface area (TPSA) is 76.1 Å². The summed E-state index contributed by atoms with van der Waals surface area (Å²) in [6.45, 7) is 0.230. The lowest BCUT2D eigenvalue weighted by Crippen LogP contribution is -2.28. The summed E-state index contributed by atoms with van der Waals surface area (Å²) in [5.74, 6) is -0.660. The Labute approximate surface area is 167 Å². The number of hydrogen-bond acceptors (Lipinski definition) is 4. The Morgan fingerprint density at radius 1 is 1.14 bits per heavy atom. The molecule has 0 unspecified atom stereocenters. The molecule has 1 amide bonds. The monoisotopic (exact) mass is 423 g/mol. The normalized spacial score (nSPS) is 11.4. The van der Waals surface area contributed by atoms with Gasteiger partial charge in [0, 0.05) is 19.5 Å². The first-order chi connectivity index (χ1) is 13.7. The van der Waals surface area contributed by atoms with E-state index in [0.717, 1.165) is 0 Å². The number of hydrogen-bond donors (Lipinski definition) is 2. The second kappa shape index (κ2) is 8.48. The third-order valence-corrected chi connectivity index (χ3v) is 4.42. The summed E-state index contributed by atoms with van der Waals surface area (Å²) in [5, 5.41) is 3.13. The number of nitrogens with one attached hydrogen (secondary N) is 2. The number of carbonyl (C=O) groups excluding carboxylic acids is 1. The fraction of sp³-hybridized carbons (Fsp3) is 0.211. The zero-order chi connectivity index (χ0) is 21.0. The molecule has 3 aromatic rings. The van der Waals surface area contributed by atoms with Crippen molar-refractivity contribution < 1.29 is 22.7 Å². The number of alkyl halides is 3. The first-order valence-electron chi connectivity index (χ1n) is 8.56. The summed E-state index contributed by atoms with van der Waals surface area (Å²) >= 11 is 5.19. The SMILES string of the molecule is O=C(CCn1c(=S)[nH]c2ccccc2c1=O)NCc1ccc(OC(F)(F)F)cc1. The van der Waals surface area contributed by atoms with Gasteiger partial charge in [0.2, 0.25) is 5.91 Å². The molecule has 0 bridgehead atoms. The second-order valence-corrected chi connectivity index (χ2v) is 6.54. The minimum absolute atomic E-state index is 0.0188. The molecular formula is C19H16F3N3O3S. The number of amides is 1. The van der Waals surface area contributed by atoms with Crippen molar-refractivity contribution in [3.05, 3.63) is 69.2 Å². The average molecular weight is 423 g/mol. The number of benzene rings is 2. The van der Waals surface area contributed by atoms with E-state index < -0.39 is 6.36 Å². The Bertz CT molecular complexity index is 1140. The largest absolute Gasteiger partial charge is 0.573 e. The first-order valence-corrected chi connectivity index (χ1v) is 8.97. The lowest BCUT2D eigenvalue weighted by molar-refractivity contribution is -0.274. The van der Waals surface area contributed by atoms with E-state index in [9.17, 15) is 22.8 Å². The maximum Gasteiger partial charge on any atom is 0.573 e. The van der Waals surface area contributed by atoms with Gasteiger partial charge in [-0.15, -0.1) is 13.2 Å². The molecule has 152 valence electrons. The minimum atomic E-state index is -4.75. The molecule has 0 saturated carbocycles. The van der Waals surface area contributed by atoms with E-state index in [1.165, 1.54) is 28.8 Å². The second-order valence-electron chi connectivity index (χ2n) is 6.15. The molecule has 2 aromatic carbocycles. The predicted molar refractivity (Wildman–Crippen MR) is 103 cm³/mol. The van der Waals surface area contributed by atoms with Crippen molar-refractivity contribution in [2.45, 2.75) is 25.9 Å². The van der Waals surface area contributed by atoms with E-state index in [4.69, 9.17) is 12.2 Å². The van der Waals surface area contributed by atoms with Crippen LogP contribution in [0.25, 0.3) is 10.9 Å². The van der Waals surface area contributed by atoms with Gasteiger partial charge in [-0.25, -0.2) is 0 Å². The molecule has 29 heavy (non-hydrogen) atoms. The molecule has 6 nitrogen and oxygen atoms in total. The van der Waals surface area contributed by atoms with Gasteiger partial charge in [0.15, 0.2) is 4.77 Å². The summed E-state index contributed by atoms with van der Waals surface area (Å²) in [7, 11) is 0. The van der Waals surface area contributed by atoms with Crippen LogP contribution < -0.4 is 15.6 Å². The van der Waals surface area contributed by atoms with Crippen LogP contribution in [0.15, 0.2) is 53.3 Å². The number of aromatic amines is 1. The number of carbonyl (C=O) groups is 1. The third kappa shape index (κ3) is 5.44. The summed E-state index contributed by atoms with van der Waals surface area (Å²) < 4.78 is 41.8. The Morgan fingerprint density at radius 3 is 2.52 bits per heavy atom. The average Bonchev–Trinajstić information content (AvgIpc) is 2.66. The van der Waals surface area contributed by atoms with Crippen LogP contribution in [-0.2, 0) is 17.9 Å². The van der Waals surface area contributed by atoms with Crippen molar-refractivity contribution in [2.75, 3.05) is 0 Å². The number of rotatable bonds is 6. The zero-order valence-electron chi connectivity index (χ0n) is 15.0. The maximum atomic E-state index is 12.5. The van der Waals surface area contributed by atoms with Crippen LogP contribution in [-0.4, -0.2) is 21.8 Å². The molecule has 10 heteroatoms. The molecule has 0 aliphatic carbocycles. The van der Waals surface area contributed by atoms with Crippen LogP contribution in [0.2, 0.25) is 0 Å². The number of nitrogens with zero attached hydrogens (tertiary/aromatic N) is 1. The fourth-order valence-electron chi connectivity index (χ4n) is 2.71. The van der Waals surface area contributed by atoms with E-state index >= 15 is 0 Å². The number of fused-ring (bicyclic) bond motifs is 1. The Balaban J connectivity index is 1.57. The zero-order valence-corrected chi connectivity index (χ0v) is 15.8. The molecular weight excluding hydrogens is 407 g/mol. The Hall–Kier alpha value is -3.14. The smallest absolute Gasteiger partial charge is 0.406 e. The number of halogens is 3. The van der Waals surface area contributed by atoms with E-state index in [0.29, 0.717) is 16.5 Å². The highest BCUT2D eigenvalue weighted by atomic mass is 32.1. The lowest BCUT2D eigenvalue weighted by atomic mass is 10.2. The van der Waals surface area contributed by atoms with Gasteiger partial charge in [-0.05, 0) is 42.0 Å². The maximum absolute atomic E-state index is 12.5. The van der Waals surface area contributed by atoms with Crippen molar-refractivity contribution in [2.24, 2.45) is 0 Å². The molecule has 0 radical (unpaired) electrons. The van der Waals surface area contributed by atoms with Gasteiger partial charge in [0.1, 0.15) is 5.75 Å². The van der Waals surface area contributed by atoms with Crippen LogP contribution in [0.4, 0.5) is 13.2 Å². The highest BCUT2D eigenvalue weighted by molar-refractivity contribution is 7.71. The van der Waals surface area contributed by atoms with E-state index in [-0.39, 0.29) is 41.5 Å². The van der Waals surface area contributed by atoms with Crippen LogP contribution in [0.5, 0.6) is 5.75 Å². The quantitative estimate of drug-likeness (QED) is 0.594. The Kier molecular flexibility index (Phi) is 6.02. The van der Waals surface area contributed by atoms with Crippen LogP contribution in [0.1, 0.15) is 12.0 Å². The van der Waals surface area contributed by atoms with Crippen molar-refractivity contribution in [1.82, 2.24) is 14.9 Å². The van der Waals surface area contributed by atoms with Gasteiger partial charge in [0.25, 0.3) is 5.56 Å². The first kappa shape index (κ1) is 20.6. The molecule has 0 aliphatic rings. The van der Waals surface area contributed by atoms with E-state index in [2.05, 4.69) is 15.0 Å². The summed E-state index contributed by atoms with van der Waals surface area (Å²) in [4.78, 5) is 27.6. The van der Waals surface area contributed by atoms with Gasteiger partial charge < -0.3 is 15.0 Å². The van der Waals surface area contributed by atoms with E-state index in [1.54, 1.807) is 24.3 Å². The summed E-state index contributed by atoms with van der Waals surface area (Å²) in [6, 6.07) is 12.1. The minimum Gasteiger partial charge on any atom is -0.406 e. The van der Waals surface area contributed by atoms with Crippen molar-refractivity contribution >= 4 is 29.0 Å². The predicted octanol–water partition coefficient (Wildman–Crippen LogP) is 3.66. The third-order valence-electron chi connectivity index (χ3n) is 4.10. The molecule has 1 heterocycles.